The lowest BCUT2D eigenvalue weighted by Gasteiger charge is -2.37. The summed E-state index contributed by atoms with van der Waals surface area (Å²) in [5.74, 6) is -1.55. The minimum Gasteiger partial charge on any atom is -0.361 e. The molecule has 0 aliphatic heterocycles. The third kappa shape index (κ3) is 3.00. The smallest absolute Gasteiger partial charge is 0.361 e. The van der Waals surface area contributed by atoms with Gasteiger partial charge in [-0.1, -0.05) is 18.2 Å². The molecule has 0 saturated carbocycles. The number of H-pyrrole nitrogens is 1. The number of aromatic nitrogens is 2. The summed E-state index contributed by atoms with van der Waals surface area (Å²) in [6, 6.07) is 7.50. The Bertz CT molecular complexity index is 948. The molecule has 2 heterocycles. The zero-order valence-corrected chi connectivity index (χ0v) is 13.3. The number of amides is 1. The fourth-order valence-corrected chi connectivity index (χ4v) is 2.80. The molecule has 0 radical (unpaired) electrons. The van der Waals surface area contributed by atoms with Gasteiger partial charge in [-0.25, -0.2) is 0 Å². The molecule has 3 aromatic rings. The van der Waals surface area contributed by atoms with Crippen LogP contribution in [-0.2, 0) is 5.54 Å². The molecule has 0 spiro atoms. The molecular formula is C17H11F6N3O. The van der Waals surface area contributed by atoms with Gasteiger partial charge in [-0.05, 0) is 18.2 Å². The number of hydrogen-bond acceptors (Lipinski definition) is 2. The lowest BCUT2D eigenvalue weighted by atomic mass is 9.87. The molecule has 0 unspecified atom stereocenters. The molecule has 2 N–H and O–H groups in total. The molecule has 0 bridgehead atoms. The number of carbonyl (C=O) groups is 1. The van der Waals surface area contributed by atoms with Crippen LogP contribution in [-0.4, -0.2) is 28.2 Å². The van der Waals surface area contributed by atoms with Crippen molar-refractivity contribution in [3.05, 3.63) is 66.1 Å². The van der Waals surface area contributed by atoms with E-state index in [1.54, 1.807) is 0 Å². The number of carbonyl (C=O) groups excluding carboxylic acids is 1. The number of nitrogens with one attached hydrogen (secondary N) is 2. The molecule has 27 heavy (non-hydrogen) atoms. The fraction of sp³-hybridized carbons (Fsp3) is 0.176. The number of pyridine rings is 1. The van der Waals surface area contributed by atoms with Crippen LogP contribution in [0.15, 0.2) is 55.0 Å². The van der Waals surface area contributed by atoms with E-state index in [1.807, 2.05) is 0 Å². The van der Waals surface area contributed by atoms with Crippen molar-refractivity contribution in [2.75, 3.05) is 0 Å². The third-order valence-electron chi connectivity index (χ3n) is 4.07. The van der Waals surface area contributed by atoms with E-state index in [9.17, 15) is 31.1 Å². The van der Waals surface area contributed by atoms with Crippen molar-refractivity contribution < 1.29 is 31.1 Å². The highest BCUT2D eigenvalue weighted by atomic mass is 19.4. The minimum atomic E-state index is -5.87. The van der Waals surface area contributed by atoms with Gasteiger partial charge in [0.05, 0.1) is 5.56 Å². The molecule has 1 amide bonds. The number of alkyl halides is 6. The monoisotopic (exact) mass is 387 g/mol. The first kappa shape index (κ1) is 18.7. The van der Waals surface area contributed by atoms with Crippen LogP contribution in [0.5, 0.6) is 0 Å². The van der Waals surface area contributed by atoms with Crippen LogP contribution >= 0.6 is 0 Å². The molecule has 10 heteroatoms. The lowest BCUT2D eigenvalue weighted by molar-refractivity contribution is -0.309. The second kappa shape index (κ2) is 6.29. The summed E-state index contributed by atoms with van der Waals surface area (Å²) < 4.78 is 83.2. The quantitative estimate of drug-likeness (QED) is 0.658. The van der Waals surface area contributed by atoms with Crippen molar-refractivity contribution in [1.29, 1.82) is 0 Å². The first-order valence-electron chi connectivity index (χ1n) is 7.50. The molecule has 3 rings (SSSR count). The molecule has 0 aliphatic carbocycles. The molecule has 142 valence electrons. The number of benzene rings is 1. The number of halogens is 6. The number of fused-ring (bicyclic) bond motifs is 1. The molecule has 1 aromatic carbocycles. The maximum absolute atomic E-state index is 13.9. The van der Waals surface area contributed by atoms with Crippen molar-refractivity contribution in [3.8, 4) is 0 Å². The predicted octanol–water partition coefficient (Wildman–Crippen LogP) is 4.31. The van der Waals surface area contributed by atoms with Gasteiger partial charge in [0.15, 0.2) is 0 Å². The summed E-state index contributed by atoms with van der Waals surface area (Å²) in [6.07, 6.45) is -9.02. The van der Waals surface area contributed by atoms with E-state index < -0.39 is 34.9 Å². The number of aromatic amines is 1. The molecule has 0 atom stereocenters. The maximum atomic E-state index is 13.9. The van der Waals surface area contributed by atoms with Crippen molar-refractivity contribution in [2.45, 2.75) is 17.9 Å². The second-order valence-corrected chi connectivity index (χ2v) is 5.69. The van der Waals surface area contributed by atoms with E-state index >= 15 is 0 Å². The highest BCUT2D eigenvalue weighted by molar-refractivity contribution is 5.95. The average Bonchev–Trinajstić information content (AvgIpc) is 3.02. The van der Waals surface area contributed by atoms with Gasteiger partial charge in [-0.15, -0.1) is 0 Å². The summed E-state index contributed by atoms with van der Waals surface area (Å²) >= 11 is 0. The summed E-state index contributed by atoms with van der Waals surface area (Å²) in [5, 5.41) is 0.866. The Balaban J connectivity index is 2.25. The van der Waals surface area contributed by atoms with Crippen LogP contribution in [0, 0.1) is 0 Å². The molecular weight excluding hydrogens is 376 g/mol. The average molecular weight is 387 g/mol. The van der Waals surface area contributed by atoms with Crippen molar-refractivity contribution >= 4 is 16.8 Å². The molecule has 0 saturated heterocycles. The lowest BCUT2D eigenvalue weighted by Crippen LogP contribution is -2.64. The van der Waals surface area contributed by atoms with Crippen LogP contribution < -0.4 is 5.32 Å². The Hall–Kier alpha value is -3.04. The van der Waals surface area contributed by atoms with Gasteiger partial charge in [0.2, 0.25) is 0 Å². The van der Waals surface area contributed by atoms with Gasteiger partial charge < -0.3 is 10.3 Å². The summed E-state index contributed by atoms with van der Waals surface area (Å²) in [6.45, 7) is 0. The van der Waals surface area contributed by atoms with Gasteiger partial charge in [0.25, 0.3) is 11.4 Å². The van der Waals surface area contributed by atoms with E-state index in [-0.39, 0.29) is 10.9 Å². The van der Waals surface area contributed by atoms with Gasteiger partial charge in [0.1, 0.15) is 0 Å². The normalized spacial score (nSPS) is 13.0. The number of rotatable bonds is 3. The molecule has 2 aromatic heterocycles. The van der Waals surface area contributed by atoms with Crippen LogP contribution in [0.3, 0.4) is 0 Å². The zero-order chi connectivity index (χ0) is 19.9. The van der Waals surface area contributed by atoms with Gasteiger partial charge in [0, 0.05) is 35.1 Å². The van der Waals surface area contributed by atoms with Gasteiger partial charge in [-0.2, -0.15) is 26.3 Å². The Labute approximate surface area is 148 Å². The second-order valence-electron chi connectivity index (χ2n) is 5.69. The van der Waals surface area contributed by atoms with Gasteiger partial charge in [-0.3, -0.25) is 9.78 Å². The van der Waals surface area contributed by atoms with Crippen LogP contribution in [0.2, 0.25) is 0 Å². The maximum Gasteiger partial charge on any atom is 0.424 e. The zero-order valence-electron chi connectivity index (χ0n) is 13.3. The Morgan fingerprint density at radius 3 is 2.22 bits per heavy atom. The van der Waals surface area contributed by atoms with E-state index in [0.717, 1.165) is 18.3 Å². The van der Waals surface area contributed by atoms with E-state index in [1.165, 1.54) is 35.8 Å². The van der Waals surface area contributed by atoms with Crippen molar-refractivity contribution in [1.82, 2.24) is 15.3 Å². The van der Waals surface area contributed by atoms with Crippen LogP contribution in [0.4, 0.5) is 26.3 Å². The fourth-order valence-electron chi connectivity index (χ4n) is 2.80. The first-order valence-corrected chi connectivity index (χ1v) is 7.50. The Kier molecular flexibility index (Phi) is 4.37. The first-order chi connectivity index (χ1) is 12.6. The highest BCUT2D eigenvalue weighted by Crippen LogP contribution is 2.51. The molecule has 0 aliphatic rings. The predicted molar refractivity (Wildman–Crippen MR) is 83.8 cm³/mol. The Morgan fingerprint density at radius 2 is 1.63 bits per heavy atom. The van der Waals surface area contributed by atoms with E-state index in [4.69, 9.17) is 0 Å². The number of para-hydroxylation sites is 1. The standard InChI is InChI=1S/C17H11F6N3O/c18-16(19,20)15(17(21,22)23,26-14(27)10-4-3-7-24-8-10)12-9-25-13-6-2-1-5-11(12)13/h1-9,25H,(H,26,27). The van der Waals surface area contributed by atoms with E-state index in [2.05, 4.69) is 9.97 Å². The summed E-state index contributed by atoms with van der Waals surface area (Å²) in [4.78, 5) is 18.2. The van der Waals surface area contributed by atoms with Gasteiger partial charge >= 0.3 is 12.4 Å². The van der Waals surface area contributed by atoms with Crippen molar-refractivity contribution in [2.24, 2.45) is 0 Å². The van der Waals surface area contributed by atoms with Crippen LogP contribution in [0.25, 0.3) is 10.9 Å². The van der Waals surface area contributed by atoms with Crippen molar-refractivity contribution in [3.63, 3.8) is 0 Å². The number of hydrogen-bond donors (Lipinski definition) is 2. The Morgan fingerprint density at radius 1 is 0.963 bits per heavy atom. The third-order valence-corrected chi connectivity index (χ3v) is 4.07. The van der Waals surface area contributed by atoms with E-state index in [0.29, 0.717) is 6.20 Å². The van der Waals surface area contributed by atoms with Crippen LogP contribution in [0.1, 0.15) is 15.9 Å². The topological polar surface area (TPSA) is 57.8 Å². The SMILES string of the molecule is O=C(NC(c1c[nH]c2ccccc12)(C(F)(F)F)C(F)(F)F)c1cccnc1. The summed E-state index contributed by atoms with van der Waals surface area (Å²) in [5.41, 5.74) is -6.11. The largest absolute Gasteiger partial charge is 0.424 e. The number of nitrogens with zero attached hydrogens (tertiary/aromatic N) is 1. The minimum absolute atomic E-state index is 0.0704. The summed E-state index contributed by atoms with van der Waals surface area (Å²) in [7, 11) is 0. The molecule has 0 fully saturated rings. The highest BCUT2D eigenvalue weighted by Gasteiger charge is 2.73. The molecule has 4 nitrogen and oxygen atoms in total.